The van der Waals surface area contributed by atoms with E-state index in [4.69, 9.17) is 14.2 Å². The maximum absolute atomic E-state index is 13.6. The highest BCUT2D eigenvalue weighted by Crippen LogP contribution is 2.42. The average Bonchev–Trinajstić information content (AvgIpc) is 3.38. The number of hydrogen-bond donors (Lipinski definition) is 0. The van der Waals surface area contributed by atoms with Crippen LogP contribution < -0.4 is 0 Å². The van der Waals surface area contributed by atoms with E-state index in [1.165, 1.54) is 18.4 Å². The summed E-state index contributed by atoms with van der Waals surface area (Å²) in [7, 11) is 1.19. The van der Waals surface area contributed by atoms with E-state index in [1.807, 2.05) is 0 Å². The molecule has 0 saturated heterocycles. The highest BCUT2D eigenvalue weighted by Gasteiger charge is 2.61. The fraction of sp³-hybridized carbons (Fsp3) is 0.417. The Morgan fingerprint density at radius 2 is 1.47 bits per heavy atom. The molecule has 0 fully saturated rings. The van der Waals surface area contributed by atoms with E-state index in [0.717, 1.165) is 10.0 Å². The molecule has 9 nitrogen and oxygen atoms in total. The molecular formula is C24H29N3O6S. The standard InChI is InChI=1S/C24H29N3O6S/c1-22(2,3)32-20(29)26-18(17-14-11-15-34-17)25-24(19(28)31-7,16-12-9-8-10-13-16)27(26)21(30)33-23(4,5)6/h8-15H,1-7H3/t24-/m1/s1. The van der Waals surface area contributed by atoms with Gasteiger partial charge >= 0.3 is 18.2 Å². The van der Waals surface area contributed by atoms with E-state index in [1.54, 1.807) is 89.4 Å². The summed E-state index contributed by atoms with van der Waals surface area (Å²) in [6, 6.07) is 11.9. The van der Waals surface area contributed by atoms with Crippen molar-refractivity contribution in [1.82, 2.24) is 10.0 Å². The summed E-state index contributed by atoms with van der Waals surface area (Å²) in [5, 5.41) is 3.63. The number of nitrogens with zero attached hydrogens (tertiary/aromatic N) is 3. The van der Waals surface area contributed by atoms with E-state index in [-0.39, 0.29) is 5.84 Å². The maximum atomic E-state index is 13.6. The van der Waals surface area contributed by atoms with Crippen LogP contribution in [0.15, 0.2) is 52.8 Å². The van der Waals surface area contributed by atoms with Crippen LogP contribution in [0.1, 0.15) is 52.0 Å². The van der Waals surface area contributed by atoms with Gasteiger partial charge in [-0.15, -0.1) is 11.3 Å². The number of benzene rings is 1. The van der Waals surface area contributed by atoms with Gasteiger partial charge in [0.15, 0.2) is 5.84 Å². The van der Waals surface area contributed by atoms with Crippen molar-refractivity contribution in [2.75, 3.05) is 7.11 Å². The minimum absolute atomic E-state index is 0.0596. The molecule has 2 aromatic rings. The Morgan fingerprint density at radius 3 is 1.97 bits per heavy atom. The maximum Gasteiger partial charge on any atom is 0.435 e. The molecule has 182 valence electrons. The molecule has 1 aromatic carbocycles. The molecule has 0 spiro atoms. The number of amides is 2. The Balaban J connectivity index is 2.33. The third-order valence-electron chi connectivity index (χ3n) is 4.50. The third kappa shape index (κ3) is 4.91. The van der Waals surface area contributed by atoms with Gasteiger partial charge in [-0.2, -0.15) is 10.0 Å². The lowest BCUT2D eigenvalue weighted by Crippen LogP contribution is -2.60. The van der Waals surface area contributed by atoms with Crippen LogP contribution in [0.2, 0.25) is 0 Å². The van der Waals surface area contributed by atoms with Crippen LogP contribution >= 0.6 is 11.3 Å². The van der Waals surface area contributed by atoms with Gasteiger partial charge in [-0.1, -0.05) is 36.4 Å². The van der Waals surface area contributed by atoms with Crippen molar-refractivity contribution in [2.24, 2.45) is 4.99 Å². The largest absolute Gasteiger partial charge is 0.465 e. The molecular weight excluding hydrogens is 458 g/mol. The molecule has 1 aliphatic rings. The van der Waals surface area contributed by atoms with Crippen molar-refractivity contribution >= 4 is 35.3 Å². The summed E-state index contributed by atoms with van der Waals surface area (Å²) in [4.78, 5) is 45.8. The first-order valence-corrected chi connectivity index (χ1v) is 11.5. The summed E-state index contributed by atoms with van der Waals surface area (Å²) < 4.78 is 16.4. The Hall–Kier alpha value is -3.40. The van der Waals surface area contributed by atoms with Gasteiger partial charge in [0.25, 0.3) is 5.66 Å². The number of amidine groups is 1. The highest BCUT2D eigenvalue weighted by atomic mass is 32.1. The van der Waals surface area contributed by atoms with Gasteiger partial charge in [-0.3, -0.25) is 0 Å². The molecule has 0 radical (unpaired) electrons. The van der Waals surface area contributed by atoms with Crippen molar-refractivity contribution < 1.29 is 28.6 Å². The first-order valence-electron chi connectivity index (χ1n) is 10.6. The molecule has 0 unspecified atom stereocenters. The zero-order chi connectivity index (χ0) is 25.3. The average molecular weight is 488 g/mol. The third-order valence-corrected chi connectivity index (χ3v) is 5.36. The predicted octanol–water partition coefficient (Wildman–Crippen LogP) is 4.92. The van der Waals surface area contributed by atoms with E-state index in [2.05, 4.69) is 4.99 Å². The summed E-state index contributed by atoms with van der Waals surface area (Å²) >= 11 is 1.29. The van der Waals surface area contributed by atoms with Gasteiger partial charge in [-0.05, 0) is 53.0 Å². The summed E-state index contributed by atoms with van der Waals surface area (Å²) in [5.41, 5.74) is -3.57. The van der Waals surface area contributed by atoms with Gasteiger partial charge < -0.3 is 14.2 Å². The van der Waals surface area contributed by atoms with E-state index in [9.17, 15) is 14.4 Å². The lowest BCUT2D eigenvalue weighted by Gasteiger charge is -2.38. The van der Waals surface area contributed by atoms with Crippen LogP contribution in [-0.2, 0) is 24.7 Å². The number of carbonyl (C=O) groups excluding carboxylic acids is 3. The Bertz CT molecular complexity index is 1090. The molecule has 2 amide bonds. The molecule has 0 N–H and O–H groups in total. The SMILES string of the molecule is COC(=O)[C@]1(c2ccccc2)N=C(c2cccs2)N(C(=O)OC(C)(C)C)N1C(=O)OC(C)(C)C. The lowest BCUT2D eigenvalue weighted by molar-refractivity contribution is -0.161. The number of hydrogen-bond acceptors (Lipinski definition) is 8. The second-order valence-electron chi connectivity index (χ2n) is 9.53. The fourth-order valence-electron chi connectivity index (χ4n) is 3.29. The predicted molar refractivity (Wildman–Crippen MR) is 127 cm³/mol. The zero-order valence-corrected chi connectivity index (χ0v) is 21.1. The molecule has 0 bridgehead atoms. The van der Waals surface area contributed by atoms with Crippen LogP contribution in [0.5, 0.6) is 0 Å². The molecule has 3 rings (SSSR count). The molecule has 1 aliphatic heterocycles. The second-order valence-corrected chi connectivity index (χ2v) is 10.5. The van der Waals surface area contributed by atoms with Crippen molar-refractivity contribution in [3.8, 4) is 0 Å². The van der Waals surface area contributed by atoms with Crippen molar-refractivity contribution in [1.29, 1.82) is 0 Å². The molecule has 2 heterocycles. The molecule has 0 saturated carbocycles. The van der Waals surface area contributed by atoms with Crippen molar-refractivity contribution in [2.45, 2.75) is 58.4 Å². The highest BCUT2D eigenvalue weighted by molar-refractivity contribution is 7.12. The monoisotopic (exact) mass is 487 g/mol. The van der Waals surface area contributed by atoms with Crippen molar-refractivity contribution in [3.63, 3.8) is 0 Å². The summed E-state index contributed by atoms with van der Waals surface area (Å²) in [5.74, 6) is -0.811. The molecule has 1 atom stereocenters. The number of rotatable bonds is 3. The van der Waals surface area contributed by atoms with Crippen LogP contribution in [0, 0.1) is 0 Å². The summed E-state index contributed by atoms with van der Waals surface area (Å²) in [6.45, 7) is 10.1. The van der Waals surface area contributed by atoms with E-state index < -0.39 is 35.0 Å². The minimum Gasteiger partial charge on any atom is -0.465 e. The number of hydrazine groups is 1. The normalized spacial score (nSPS) is 18.4. The Labute approximate surface area is 202 Å². The molecule has 10 heteroatoms. The quantitative estimate of drug-likeness (QED) is 0.450. The molecule has 1 aromatic heterocycles. The number of ether oxygens (including phenoxy) is 3. The number of esters is 1. The van der Waals surface area contributed by atoms with Gasteiger partial charge in [0.1, 0.15) is 11.2 Å². The van der Waals surface area contributed by atoms with Gasteiger partial charge in [0.2, 0.25) is 0 Å². The van der Waals surface area contributed by atoms with Crippen LogP contribution in [0.25, 0.3) is 0 Å². The van der Waals surface area contributed by atoms with Gasteiger partial charge in [-0.25, -0.2) is 19.4 Å². The zero-order valence-electron chi connectivity index (χ0n) is 20.3. The van der Waals surface area contributed by atoms with E-state index >= 15 is 0 Å². The van der Waals surface area contributed by atoms with Crippen LogP contribution in [-0.4, -0.2) is 52.3 Å². The van der Waals surface area contributed by atoms with Crippen LogP contribution in [0.3, 0.4) is 0 Å². The van der Waals surface area contributed by atoms with Crippen molar-refractivity contribution in [3.05, 3.63) is 58.3 Å². The lowest BCUT2D eigenvalue weighted by atomic mass is 9.99. The topological polar surface area (TPSA) is 97.7 Å². The smallest absolute Gasteiger partial charge is 0.435 e. The van der Waals surface area contributed by atoms with Crippen LogP contribution in [0.4, 0.5) is 9.59 Å². The van der Waals surface area contributed by atoms with Gasteiger partial charge in [0, 0.05) is 5.56 Å². The number of carbonyl (C=O) groups is 3. The number of methoxy groups -OCH3 is 1. The van der Waals surface area contributed by atoms with Gasteiger partial charge in [0.05, 0.1) is 12.0 Å². The number of aliphatic imine (C=N–C) groups is 1. The molecule has 0 aliphatic carbocycles. The second kappa shape index (κ2) is 9.09. The Kier molecular flexibility index (Phi) is 6.75. The number of thiophene rings is 1. The Morgan fingerprint density at radius 1 is 0.882 bits per heavy atom. The fourth-order valence-corrected chi connectivity index (χ4v) is 3.99. The first kappa shape index (κ1) is 25.2. The van der Waals surface area contributed by atoms with E-state index in [0.29, 0.717) is 10.4 Å². The summed E-state index contributed by atoms with van der Waals surface area (Å²) in [6.07, 6.45) is -1.87. The first-order chi connectivity index (χ1) is 15.8. The molecule has 34 heavy (non-hydrogen) atoms. The minimum atomic E-state index is -2.06.